The van der Waals surface area contributed by atoms with Crippen LogP contribution in [-0.2, 0) is 0 Å². The SMILES string of the molecule is CCN(c1cccc(C)c1)c1nc(N)nc(C)c1[N+](=O)[O-]. The lowest BCUT2D eigenvalue weighted by Crippen LogP contribution is -2.20. The van der Waals surface area contributed by atoms with Gasteiger partial charge in [0.25, 0.3) is 0 Å². The Morgan fingerprint density at radius 1 is 1.33 bits per heavy atom. The summed E-state index contributed by atoms with van der Waals surface area (Å²) in [5.74, 6) is 0.248. The van der Waals surface area contributed by atoms with Gasteiger partial charge in [-0.1, -0.05) is 12.1 Å². The number of hydrogen-bond donors (Lipinski definition) is 1. The van der Waals surface area contributed by atoms with Gasteiger partial charge in [0, 0.05) is 12.2 Å². The summed E-state index contributed by atoms with van der Waals surface area (Å²) in [7, 11) is 0. The second kappa shape index (κ2) is 5.74. The van der Waals surface area contributed by atoms with Crippen molar-refractivity contribution in [2.75, 3.05) is 17.2 Å². The number of aromatic nitrogens is 2. The molecule has 1 aromatic carbocycles. The Hall–Kier alpha value is -2.70. The highest BCUT2D eigenvalue weighted by Crippen LogP contribution is 2.34. The highest BCUT2D eigenvalue weighted by Gasteiger charge is 2.26. The molecule has 0 spiro atoms. The van der Waals surface area contributed by atoms with Gasteiger partial charge in [-0.15, -0.1) is 0 Å². The summed E-state index contributed by atoms with van der Waals surface area (Å²) in [5.41, 5.74) is 7.69. The lowest BCUT2D eigenvalue weighted by atomic mass is 10.2. The zero-order chi connectivity index (χ0) is 15.6. The molecule has 2 aromatic rings. The van der Waals surface area contributed by atoms with E-state index in [-0.39, 0.29) is 23.1 Å². The minimum atomic E-state index is -0.470. The maximum Gasteiger partial charge on any atom is 0.333 e. The van der Waals surface area contributed by atoms with Crippen LogP contribution < -0.4 is 10.6 Å². The van der Waals surface area contributed by atoms with Crippen LogP contribution in [0, 0.1) is 24.0 Å². The summed E-state index contributed by atoms with van der Waals surface area (Å²) in [5, 5.41) is 11.3. The number of nitrogens with zero attached hydrogens (tertiary/aromatic N) is 4. The molecule has 0 radical (unpaired) electrons. The Bertz CT molecular complexity index is 687. The van der Waals surface area contributed by atoms with E-state index in [1.54, 1.807) is 11.8 Å². The third-order valence-corrected chi connectivity index (χ3v) is 3.13. The van der Waals surface area contributed by atoms with Crippen molar-refractivity contribution in [3.05, 3.63) is 45.6 Å². The minimum absolute atomic E-state index is 0.0270. The zero-order valence-electron chi connectivity index (χ0n) is 12.2. The Morgan fingerprint density at radius 2 is 2.05 bits per heavy atom. The van der Waals surface area contributed by atoms with Crippen molar-refractivity contribution in [3.8, 4) is 0 Å². The van der Waals surface area contributed by atoms with Crippen LogP contribution >= 0.6 is 0 Å². The summed E-state index contributed by atoms with van der Waals surface area (Å²) >= 11 is 0. The van der Waals surface area contributed by atoms with Gasteiger partial charge in [-0.3, -0.25) is 10.1 Å². The van der Waals surface area contributed by atoms with Gasteiger partial charge in [0.05, 0.1) is 4.92 Å². The molecule has 2 rings (SSSR count). The molecule has 0 amide bonds. The Kier molecular flexibility index (Phi) is 4.02. The van der Waals surface area contributed by atoms with Gasteiger partial charge in [0.2, 0.25) is 11.8 Å². The van der Waals surface area contributed by atoms with Crippen LogP contribution in [0.25, 0.3) is 0 Å². The number of nitrogens with two attached hydrogens (primary N) is 1. The molecular formula is C14H17N5O2. The molecule has 21 heavy (non-hydrogen) atoms. The first-order valence-corrected chi connectivity index (χ1v) is 6.56. The van der Waals surface area contributed by atoms with E-state index in [4.69, 9.17) is 5.73 Å². The van der Waals surface area contributed by atoms with E-state index >= 15 is 0 Å². The summed E-state index contributed by atoms with van der Waals surface area (Å²) in [6.07, 6.45) is 0. The maximum absolute atomic E-state index is 11.3. The monoisotopic (exact) mass is 287 g/mol. The van der Waals surface area contributed by atoms with E-state index in [1.165, 1.54) is 0 Å². The maximum atomic E-state index is 11.3. The normalized spacial score (nSPS) is 10.4. The molecular weight excluding hydrogens is 270 g/mol. The van der Waals surface area contributed by atoms with E-state index in [0.717, 1.165) is 11.3 Å². The quantitative estimate of drug-likeness (QED) is 0.685. The Balaban J connectivity index is 2.65. The lowest BCUT2D eigenvalue weighted by molar-refractivity contribution is -0.385. The molecule has 2 N–H and O–H groups in total. The highest BCUT2D eigenvalue weighted by atomic mass is 16.6. The standard InChI is InChI=1S/C14H17N5O2/c1-4-18(11-7-5-6-9(2)8-11)13-12(19(20)21)10(3)16-14(15)17-13/h5-8H,4H2,1-3H3,(H2,15,16,17). The van der Waals surface area contributed by atoms with Crippen molar-refractivity contribution in [2.24, 2.45) is 0 Å². The first-order chi connectivity index (χ1) is 9.93. The van der Waals surface area contributed by atoms with Crippen LogP contribution in [0.5, 0.6) is 0 Å². The van der Waals surface area contributed by atoms with Gasteiger partial charge in [0.15, 0.2) is 0 Å². The predicted octanol–water partition coefficient (Wildman–Crippen LogP) is 2.74. The van der Waals surface area contributed by atoms with E-state index in [1.807, 2.05) is 38.1 Å². The second-order valence-corrected chi connectivity index (χ2v) is 4.68. The number of nitro groups is 1. The second-order valence-electron chi connectivity index (χ2n) is 4.68. The molecule has 1 heterocycles. The summed E-state index contributed by atoms with van der Waals surface area (Å²) in [6.45, 7) is 5.95. The Labute approximate surface area is 122 Å². The van der Waals surface area contributed by atoms with Crippen LogP contribution in [0.1, 0.15) is 18.2 Å². The highest BCUT2D eigenvalue weighted by molar-refractivity contribution is 5.70. The molecule has 0 atom stereocenters. The number of benzene rings is 1. The number of anilines is 3. The minimum Gasteiger partial charge on any atom is -0.368 e. The molecule has 0 saturated heterocycles. The molecule has 7 heteroatoms. The van der Waals surface area contributed by atoms with Gasteiger partial charge in [-0.05, 0) is 38.5 Å². The first kappa shape index (κ1) is 14.7. The molecule has 0 fully saturated rings. The summed E-state index contributed by atoms with van der Waals surface area (Å²) in [4.78, 5) is 20.6. The largest absolute Gasteiger partial charge is 0.368 e. The number of rotatable bonds is 4. The van der Waals surface area contributed by atoms with Crippen LogP contribution in [0.2, 0.25) is 0 Å². The van der Waals surface area contributed by atoms with E-state index in [2.05, 4.69) is 9.97 Å². The van der Waals surface area contributed by atoms with Crippen molar-refractivity contribution in [1.29, 1.82) is 0 Å². The molecule has 7 nitrogen and oxygen atoms in total. The fourth-order valence-electron chi connectivity index (χ4n) is 2.23. The van der Waals surface area contributed by atoms with Crippen molar-refractivity contribution >= 4 is 23.1 Å². The predicted molar refractivity (Wildman–Crippen MR) is 81.7 cm³/mol. The number of hydrogen-bond acceptors (Lipinski definition) is 6. The van der Waals surface area contributed by atoms with Gasteiger partial charge >= 0.3 is 5.69 Å². The zero-order valence-corrected chi connectivity index (χ0v) is 12.2. The van der Waals surface area contributed by atoms with Gasteiger partial charge < -0.3 is 10.6 Å². The molecule has 0 bridgehead atoms. The van der Waals surface area contributed by atoms with Crippen LogP contribution in [0.4, 0.5) is 23.1 Å². The van der Waals surface area contributed by atoms with E-state index in [0.29, 0.717) is 6.54 Å². The van der Waals surface area contributed by atoms with Crippen molar-refractivity contribution < 1.29 is 4.92 Å². The average molecular weight is 287 g/mol. The van der Waals surface area contributed by atoms with Crippen LogP contribution in [0.15, 0.2) is 24.3 Å². The molecule has 0 saturated carbocycles. The smallest absolute Gasteiger partial charge is 0.333 e. The topological polar surface area (TPSA) is 98.2 Å². The number of aryl methyl sites for hydroxylation is 2. The molecule has 110 valence electrons. The van der Waals surface area contributed by atoms with Crippen LogP contribution in [-0.4, -0.2) is 21.4 Å². The lowest BCUT2D eigenvalue weighted by Gasteiger charge is -2.22. The molecule has 0 aliphatic carbocycles. The Morgan fingerprint density at radius 3 is 2.62 bits per heavy atom. The van der Waals surface area contributed by atoms with E-state index < -0.39 is 4.92 Å². The fourth-order valence-corrected chi connectivity index (χ4v) is 2.23. The molecule has 0 unspecified atom stereocenters. The third kappa shape index (κ3) is 2.91. The fraction of sp³-hybridized carbons (Fsp3) is 0.286. The van der Waals surface area contributed by atoms with Gasteiger partial charge in [-0.25, -0.2) is 4.98 Å². The molecule has 0 aliphatic rings. The molecule has 1 aromatic heterocycles. The number of nitrogen functional groups attached to an aromatic ring is 1. The third-order valence-electron chi connectivity index (χ3n) is 3.13. The van der Waals surface area contributed by atoms with Crippen molar-refractivity contribution in [3.63, 3.8) is 0 Å². The summed E-state index contributed by atoms with van der Waals surface area (Å²) < 4.78 is 0. The van der Waals surface area contributed by atoms with Gasteiger partial charge in [0.1, 0.15) is 5.69 Å². The van der Waals surface area contributed by atoms with Crippen LogP contribution in [0.3, 0.4) is 0 Å². The average Bonchev–Trinajstić information content (AvgIpc) is 2.38. The van der Waals surface area contributed by atoms with Crippen molar-refractivity contribution in [2.45, 2.75) is 20.8 Å². The molecule has 0 aliphatic heterocycles. The summed E-state index contributed by atoms with van der Waals surface area (Å²) in [6, 6.07) is 7.69. The van der Waals surface area contributed by atoms with E-state index in [9.17, 15) is 10.1 Å². The van der Waals surface area contributed by atoms with Gasteiger partial charge in [-0.2, -0.15) is 4.98 Å². The van der Waals surface area contributed by atoms with Crippen molar-refractivity contribution in [1.82, 2.24) is 9.97 Å². The first-order valence-electron chi connectivity index (χ1n) is 6.56.